The number of allylic oxidation sites excluding steroid dienone is 1. The van der Waals surface area contributed by atoms with Gasteiger partial charge in [0.15, 0.2) is 5.76 Å². The Morgan fingerprint density at radius 1 is 1.03 bits per heavy atom. The summed E-state index contributed by atoms with van der Waals surface area (Å²) in [5.74, 6) is 0.898. The number of rotatable bonds is 5. The number of benzene rings is 3. The molecule has 0 fully saturated rings. The minimum absolute atomic E-state index is 0.201. The Kier molecular flexibility index (Phi) is 5.58. The summed E-state index contributed by atoms with van der Waals surface area (Å²) in [5.41, 5.74) is 3.33. The molecule has 0 unspecified atom stereocenters. The molecule has 0 aliphatic carbocycles. The van der Waals surface area contributed by atoms with E-state index in [0.29, 0.717) is 40.5 Å². The van der Waals surface area contributed by atoms with E-state index in [1.807, 2.05) is 44.2 Å². The molecule has 0 amide bonds. The normalized spacial score (nSPS) is 13.6. The van der Waals surface area contributed by atoms with E-state index in [1.165, 1.54) is 0 Å². The molecule has 0 saturated carbocycles. The SMILES string of the molecule is CCOc1ccccc1/C=C1\Oc2cc(OC(=O)c3cccc(C)c3)cc(C)c2C1=O. The van der Waals surface area contributed by atoms with Gasteiger partial charge in [-0.15, -0.1) is 0 Å². The Balaban J connectivity index is 1.62. The first kappa shape index (κ1) is 20.4. The van der Waals surface area contributed by atoms with Crippen molar-refractivity contribution >= 4 is 17.8 Å². The average Bonchev–Trinajstić information content (AvgIpc) is 3.05. The molecule has 0 saturated heterocycles. The second-order valence-corrected chi connectivity index (χ2v) is 7.28. The highest BCUT2D eigenvalue weighted by Gasteiger charge is 2.30. The zero-order chi connectivity index (χ0) is 22.0. The number of Topliss-reactive ketones (excluding diaryl/α,β-unsaturated/α-hetero) is 1. The Morgan fingerprint density at radius 3 is 2.61 bits per heavy atom. The van der Waals surface area contributed by atoms with Gasteiger partial charge in [0.05, 0.1) is 17.7 Å². The van der Waals surface area contributed by atoms with E-state index < -0.39 is 5.97 Å². The van der Waals surface area contributed by atoms with E-state index in [-0.39, 0.29) is 11.5 Å². The van der Waals surface area contributed by atoms with E-state index in [0.717, 1.165) is 11.1 Å². The molecule has 0 radical (unpaired) electrons. The molecule has 1 heterocycles. The van der Waals surface area contributed by atoms with Crippen LogP contribution in [0.25, 0.3) is 6.08 Å². The summed E-state index contributed by atoms with van der Waals surface area (Å²) in [4.78, 5) is 25.4. The maximum atomic E-state index is 12.9. The zero-order valence-electron chi connectivity index (χ0n) is 17.6. The van der Waals surface area contributed by atoms with Crippen LogP contribution in [-0.4, -0.2) is 18.4 Å². The molecule has 31 heavy (non-hydrogen) atoms. The van der Waals surface area contributed by atoms with Crippen LogP contribution < -0.4 is 14.2 Å². The van der Waals surface area contributed by atoms with Crippen molar-refractivity contribution in [2.45, 2.75) is 20.8 Å². The van der Waals surface area contributed by atoms with Crippen molar-refractivity contribution in [3.05, 3.63) is 94.2 Å². The van der Waals surface area contributed by atoms with Gasteiger partial charge in [0.2, 0.25) is 5.78 Å². The molecule has 0 N–H and O–H groups in total. The van der Waals surface area contributed by atoms with E-state index in [9.17, 15) is 9.59 Å². The van der Waals surface area contributed by atoms with Crippen molar-refractivity contribution in [2.24, 2.45) is 0 Å². The Morgan fingerprint density at radius 2 is 1.84 bits per heavy atom. The second kappa shape index (κ2) is 8.48. The van der Waals surface area contributed by atoms with Gasteiger partial charge in [0.25, 0.3) is 0 Å². The molecular formula is C26H22O5. The van der Waals surface area contributed by atoms with Crippen molar-refractivity contribution < 1.29 is 23.8 Å². The van der Waals surface area contributed by atoms with E-state index >= 15 is 0 Å². The Labute approximate surface area is 180 Å². The summed E-state index contributed by atoms with van der Waals surface area (Å²) in [6, 6.07) is 17.9. The summed E-state index contributed by atoms with van der Waals surface area (Å²) >= 11 is 0. The predicted molar refractivity (Wildman–Crippen MR) is 118 cm³/mol. The highest BCUT2D eigenvalue weighted by atomic mass is 16.5. The number of carbonyl (C=O) groups excluding carboxylic acids is 2. The van der Waals surface area contributed by atoms with E-state index in [1.54, 1.807) is 43.3 Å². The molecule has 3 aromatic rings. The van der Waals surface area contributed by atoms with Gasteiger partial charge in [0.1, 0.15) is 17.2 Å². The van der Waals surface area contributed by atoms with Crippen LogP contribution in [-0.2, 0) is 0 Å². The fourth-order valence-corrected chi connectivity index (χ4v) is 3.50. The minimum atomic E-state index is -0.464. The number of hydrogen-bond acceptors (Lipinski definition) is 5. The fraction of sp³-hybridized carbons (Fsp3) is 0.154. The lowest BCUT2D eigenvalue weighted by molar-refractivity contribution is 0.0734. The summed E-state index contributed by atoms with van der Waals surface area (Å²) in [5, 5.41) is 0. The molecular weight excluding hydrogens is 392 g/mol. The number of ketones is 1. The Hall–Kier alpha value is -3.86. The highest BCUT2D eigenvalue weighted by molar-refractivity contribution is 6.15. The van der Waals surface area contributed by atoms with Gasteiger partial charge in [-0.3, -0.25) is 4.79 Å². The number of aryl methyl sites for hydroxylation is 2. The molecule has 5 heteroatoms. The Bertz CT molecular complexity index is 1210. The van der Waals surface area contributed by atoms with Gasteiger partial charge in [0, 0.05) is 11.6 Å². The second-order valence-electron chi connectivity index (χ2n) is 7.28. The smallest absolute Gasteiger partial charge is 0.343 e. The number of fused-ring (bicyclic) bond motifs is 1. The number of carbonyl (C=O) groups is 2. The molecule has 1 aliphatic rings. The molecule has 0 atom stereocenters. The summed E-state index contributed by atoms with van der Waals surface area (Å²) < 4.78 is 17.0. The lowest BCUT2D eigenvalue weighted by Gasteiger charge is -2.08. The van der Waals surface area contributed by atoms with Crippen LogP contribution >= 0.6 is 0 Å². The number of hydrogen-bond donors (Lipinski definition) is 0. The van der Waals surface area contributed by atoms with Crippen molar-refractivity contribution in [1.29, 1.82) is 0 Å². The van der Waals surface area contributed by atoms with Crippen molar-refractivity contribution in [2.75, 3.05) is 6.61 Å². The van der Waals surface area contributed by atoms with Gasteiger partial charge in [-0.1, -0.05) is 35.9 Å². The highest BCUT2D eigenvalue weighted by Crippen LogP contribution is 2.38. The molecule has 1 aliphatic heterocycles. The minimum Gasteiger partial charge on any atom is -0.493 e. The molecule has 3 aromatic carbocycles. The third-order valence-corrected chi connectivity index (χ3v) is 4.91. The number of ether oxygens (including phenoxy) is 3. The van der Waals surface area contributed by atoms with Gasteiger partial charge in [-0.2, -0.15) is 0 Å². The topological polar surface area (TPSA) is 61.8 Å². The maximum absolute atomic E-state index is 12.9. The fourth-order valence-electron chi connectivity index (χ4n) is 3.50. The first-order valence-corrected chi connectivity index (χ1v) is 10.1. The molecule has 0 spiro atoms. The standard InChI is InChI=1S/C26H22O5/c1-4-29-21-11-6-5-9-18(21)14-23-25(27)24-17(3)13-20(15-22(24)31-23)30-26(28)19-10-7-8-16(2)12-19/h5-15H,4H2,1-3H3/b23-14-. The first-order chi connectivity index (χ1) is 15.0. The quantitative estimate of drug-likeness (QED) is 0.312. The van der Waals surface area contributed by atoms with Crippen LogP contribution in [0.2, 0.25) is 0 Å². The zero-order valence-corrected chi connectivity index (χ0v) is 17.6. The predicted octanol–water partition coefficient (Wildman–Crippen LogP) is 5.54. The maximum Gasteiger partial charge on any atom is 0.343 e. The molecule has 0 bridgehead atoms. The molecule has 0 aromatic heterocycles. The third kappa shape index (κ3) is 4.21. The summed E-state index contributed by atoms with van der Waals surface area (Å²) in [6.45, 7) is 6.12. The van der Waals surface area contributed by atoms with Crippen molar-refractivity contribution in [3.63, 3.8) is 0 Å². The third-order valence-electron chi connectivity index (χ3n) is 4.91. The van der Waals surface area contributed by atoms with Crippen LogP contribution in [0.15, 0.2) is 66.4 Å². The van der Waals surface area contributed by atoms with Crippen LogP contribution in [0.5, 0.6) is 17.2 Å². The van der Waals surface area contributed by atoms with Crippen molar-refractivity contribution in [1.82, 2.24) is 0 Å². The van der Waals surface area contributed by atoms with Crippen LogP contribution in [0.4, 0.5) is 0 Å². The van der Waals surface area contributed by atoms with Crippen LogP contribution in [0.1, 0.15) is 44.3 Å². The van der Waals surface area contributed by atoms with Crippen LogP contribution in [0.3, 0.4) is 0 Å². The van der Waals surface area contributed by atoms with Gasteiger partial charge in [-0.05, 0) is 56.7 Å². The van der Waals surface area contributed by atoms with E-state index in [2.05, 4.69) is 0 Å². The lowest BCUT2D eigenvalue weighted by atomic mass is 10.0. The number of para-hydroxylation sites is 1. The average molecular weight is 414 g/mol. The summed E-state index contributed by atoms with van der Waals surface area (Å²) in [6.07, 6.45) is 1.67. The molecule has 156 valence electrons. The lowest BCUT2D eigenvalue weighted by Crippen LogP contribution is -2.09. The largest absolute Gasteiger partial charge is 0.493 e. The van der Waals surface area contributed by atoms with Crippen LogP contribution in [0, 0.1) is 13.8 Å². The molecule has 5 nitrogen and oxygen atoms in total. The molecule has 4 rings (SSSR count). The number of esters is 1. The van der Waals surface area contributed by atoms with Gasteiger partial charge < -0.3 is 14.2 Å². The van der Waals surface area contributed by atoms with Gasteiger partial charge >= 0.3 is 5.97 Å². The van der Waals surface area contributed by atoms with E-state index in [4.69, 9.17) is 14.2 Å². The monoisotopic (exact) mass is 414 g/mol. The summed E-state index contributed by atoms with van der Waals surface area (Å²) in [7, 11) is 0. The first-order valence-electron chi connectivity index (χ1n) is 10.1. The van der Waals surface area contributed by atoms with Gasteiger partial charge in [-0.25, -0.2) is 4.79 Å². The van der Waals surface area contributed by atoms with Crippen molar-refractivity contribution in [3.8, 4) is 17.2 Å².